The third kappa shape index (κ3) is 3.36. The fourth-order valence-electron chi connectivity index (χ4n) is 1.53. The average molecular weight is 252 g/mol. The van der Waals surface area contributed by atoms with Crippen LogP contribution in [0, 0.1) is 18.3 Å². The number of hydrogen-bond donors (Lipinski definition) is 1. The van der Waals surface area contributed by atoms with E-state index in [1.807, 2.05) is 13.0 Å². The number of aromatic nitrogens is 2. The number of aryl methyl sites for hydroxylation is 1. The topological polar surface area (TPSA) is 78.7 Å². The Labute approximate surface area is 110 Å². The van der Waals surface area contributed by atoms with Crippen LogP contribution in [0.5, 0.6) is 0 Å². The lowest BCUT2D eigenvalue weighted by Gasteiger charge is -2.05. The van der Waals surface area contributed by atoms with Crippen molar-refractivity contribution in [1.29, 1.82) is 5.26 Å². The number of benzene rings is 1. The highest BCUT2D eigenvalue weighted by atomic mass is 16.1. The predicted molar refractivity (Wildman–Crippen MR) is 69.1 cm³/mol. The molecule has 0 aliphatic carbocycles. The van der Waals surface area contributed by atoms with Crippen LogP contribution in [0.25, 0.3) is 0 Å². The maximum Gasteiger partial charge on any atom is 0.271 e. The van der Waals surface area contributed by atoms with Gasteiger partial charge in [-0.3, -0.25) is 9.78 Å². The third-order valence-corrected chi connectivity index (χ3v) is 2.52. The fourth-order valence-corrected chi connectivity index (χ4v) is 1.53. The Morgan fingerprint density at radius 2 is 2.21 bits per heavy atom. The van der Waals surface area contributed by atoms with Crippen molar-refractivity contribution in [1.82, 2.24) is 15.3 Å². The van der Waals surface area contributed by atoms with Crippen LogP contribution in [-0.4, -0.2) is 15.9 Å². The van der Waals surface area contributed by atoms with Crippen LogP contribution in [0.4, 0.5) is 0 Å². The second-order valence-corrected chi connectivity index (χ2v) is 4.04. The van der Waals surface area contributed by atoms with Crippen molar-refractivity contribution in [3.63, 3.8) is 0 Å². The van der Waals surface area contributed by atoms with E-state index in [1.165, 1.54) is 6.20 Å². The molecular weight excluding hydrogens is 240 g/mol. The van der Waals surface area contributed by atoms with Gasteiger partial charge < -0.3 is 5.32 Å². The number of nitrogens with zero attached hydrogens (tertiary/aromatic N) is 3. The van der Waals surface area contributed by atoms with Crippen molar-refractivity contribution < 1.29 is 4.79 Å². The number of carbonyl (C=O) groups is 1. The van der Waals surface area contributed by atoms with Crippen LogP contribution in [0.15, 0.2) is 36.7 Å². The van der Waals surface area contributed by atoms with Crippen molar-refractivity contribution >= 4 is 5.91 Å². The lowest BCUT2D eigenvalue weighted by atomic mass is 10.1. The molecule has 5 nitrogen and oxygen atoms in total. The summed E-state index contributed by atoms with van der Waals surface area (Å²) in [6.07, 6.45) is 2.99. The summed E-state index contributed by atoms with van der Waals surface area (Å²) in [5.41, 5.74) is 2.48. The quantitative estimate of drug-likeness (QED) is 0.899. The number of carbonyl (C=O) groups excluding carboxylic acids is 1. The first-order valence-electron chi connectivity index (χ1n) is 5.75. The summed E-state index contributed by atoms with van der Waals surface area (Å²) >= 11 is 0. The van der Waals surface area contributed by atoms with E-state index < -0.39 is 0 Å². The molecule has 1 aromatic heterocycles. The molecule has 0 fully saturated rings. The second-order valence-electron chi connectivity index (χ2n) is 4.04. The molecule has 0 saturated carbocycles. The number of nitriles is 1. The van der Waals surface area contributed by atoms with Crippen molar-refractivity contribution in [2.45, 2.75) is 13.5 Å². The molecule has 0 saturated heterocycles. The summed E-state index contributed by atoms with van der Waals surface area (Å²) in [6.45, 7) is 2.16. The molecule has 1 amide bonds. The minimum Gasteiger partial charge on any atom is -0.347 e. The summed E-state index contributed by atoms with van der Waals surface area (Å²) < 4.78 is 0. The van der Waals surface area contributed by atoms with Gasteiger partial charge in [0.25, 0.3) is 5.91 Å². The van der Waals surface area contributed by atoms with Gasteiger partial charge in [-0.15, -0.1) is 0 Å². The molecule has 19 heavy (non-hydrogen) atoms. The van der Waals surface area contributed by atoms with E-state index in [1.54, 1.807) is 24.4 Å². The first-order valence-corrected chi connectivity index (χ1v) is 5.75. The summed E-state index contributed by atoms with van der Waals surface area (Å²) in [6, 6.07) is 9.15. The van der Waals surface area contributed by atoms with Gasteiger partial charge in [0.05, 0.1) is 23.5 Å². The number of amides is 1. The van der Waals surface area contributed by atoms with Gasteiger partial charge in [-0.2, -0.15) is 5.26 Å². The van der Waals surface area contributed by atoms with Crippen LogP contribution < -0.4 is 5.32 Å². The lowest BCUT2D eigenvalue weighted by Crippen LogP contribution is -2.24. The lowest BCUT2D eigenvalue weighted by molar-refractivity contribution is 0.0945. The average Bonchev–Trinajstić information content (AvgIpc) is 2.46. The minimum absolute atomic E-state index is 0.280. The number of hydrogen-bond acceptors (Lipinski definition) is 4. The Balaban J connectivity index is 2.00. The van der Waals surface area contributed by atoms with E-state index in [0.29, 0.717) is 12.1 Å². The SMILES string of the molecule is Cc1cnc(C(=O)NCc2cccc(C#N)c2)cn1. The Bertz CT molecular complexity index is 629. The molecule has 0 unspecified atom stereocenters. The van der Waals surface area contributed by atoms with Crippen LogP contribution in [0.3, 0.4) is 0 Å². The van der Waals surface area contributed by atoms with Gasteiger partial charge >= 0.3 is 0 Å². The van der Waals surface area contributed by atoms with Crippen molar-refractivity contribution in [3.05, 3.63) is 59.2 Å². The zero-order valence-electron chi connectivity index (χ0n) is 10.4. The molecule has 0 bridgehead atoms. The van der Waals surface area contributed by atoms with E-state index >= 15 is 0 Å². The van der Waals surface area contributed by atoms with Crippen molar-refractivity contribution in [3.8, 4) is 6.07 Å². The summed E-state index contributed by atoms with van der Waals surface area (Å²) in [7, 11) is 0. The first kappa shape index (κ1) is 12.7. The Kier molecular flexibility index (Phi) is 3.84. The smallest absolute Gasteiger partial charge is 0.271 e. The van der Waals surface area contributed by atoms with Crippen LogP contribution >= 0.6 is 0 Å². The van der Waals surface area contributed by atoms with E-state index in [4.69, 9.17) is 5.26 Å². The van der Waals surface area contributed by atoms with Crippen LogP contribution in [0.2, 0.25) is 0 Å². The zero-order chi connectivity index (χ0) is 13.7. The highest BCUT2D eigenvalue weighted by molar-refractivity contribution is 5.91. The summed E-state index contributed by atoms with van der Waals surface area (Å²) in [5.74, 6) is -0.283. The standard InChI is InChI=1S/C14H12N4O/c1-10-7-17-13(9-16-10)14(19)18-8-12-4-2-3-11(5-12)6-15/h2-5,7,9H,8H2,1H3,(H,18,19). The van der Waals surface area contributed by atoms with Gasteiger partial charge in [0.15, 0.2) is 0 Å². The van der Waals surface area contributed by atoms with Crippen molar-refractivity contribution in [2.24, 2.45) is 0 Å². The maximum atomic E-state index is 11.8. The van der Waals surface area contributed by atoms with Crippen LogP contribution in [0.1, 0.15) is 27.3 Å². The van der Waals surface area contributed by atoms with Crippen LogP contribution in [-0.2, 0) is 6.54 Å². The molecule has 0 aliphatic heterocycles. The molecular formula is C14H12N4O. The molecule has 0 spiro atoms. The second kappa shape index (κ2) is 5.74. The van der Waals surface area contributed by atoms with E-state index in [2.05, 4.69) is 21.4 Å². The molecule has 1 heterocycles. The summed E-state index contributed by atoms with van der Waals surface area (Å²) in [4.78, 5) is 19.8. The zero-order valence-corrected chi connectivity index (χ0v) is 10.4. The molecule has 2 rings (SSSR count). The number of rotatable bonds is 3. The molecule has 94 valence electrons. The van der Waals surface area contributed by atoms with E-state index in [-0.39, 0.29) is 11.6 Å². The molecule has 1 aromatic carbocycles. The molecule has 2 aromatic rings. The summed E-state index contributed by atoms with van der Waals surface area (Å²) in [5, 5.41) is 11.5. The largest absolute Gasteiger partial charge is 0.347 e. The highest BCUT2D eigenvalue weighted by Crippen LogP contribution is 2.04. The van der Waals surface area contributed by atoms with E-state index in [0.717, 1.165) is 11.3 Å². The van der Waals surface area contributed by atoms with Gasteiger partial charge in [-0.25, -0.2) is 4.98 Å². The Morgan fingerprint density at radius 1 is 1.37 bits per heavy atom. The highest BCUT2D eigenvalue weighted by Gasteiger charge is 2.07. The van der Waals surface area contributed by atoms with Gasteiger partial charge in [-0.05, 0) is 24.6 Å². The maximum absolute atomic E-state index is 11.8. The molecule has 1 N–H and O–H groups in total. The fraction of sp³-hybridized carbons (Fsp3) is 0.143. The molecule has 0 radical (unpaired) electrons. The van der Waals surface area contributed by atoms with Gasteiger partial charge in [0, 0.05) is 12.7 Å². The molecule has 0 aliphatic rings. The monoisotopic (exact) mass is 252 g/mol. The first-order chi connectivity index (χ1) is 9.19. The Hall–Kier alpha value is -2.74. The number of nitrogens with one attached hydrogen (secondary N) is 1. The van der Waals surface area contributed by atoms with E-state index in [9.17, 15) is 4.79 Å². The van der Waals surface area contributed by atoms with Gasteiger partial charge in [0.1, 0.15) is 5.69 Å². The molecule has 0 atom stereocenters. The van der Waals surface area contributed by atoms with Gasteiger partial charge in [0.2, 0.25) is 0 Å². The third-order valence-electron chi connectivity index (χ3n) is 2.52. The van der Waals surface area contributed by atoms with Gasteiger partial charge in [-0.1, -0.05) is 12.1 Å². The molecule has 5 heteroatoms. The normalized spacial score (nSPS) is 9.68. The minimum atomic E-state index is -0.283. The van der Waals surface area contributed by atoms with Crippen molar-refractivity contribution in [2.75, 3.05) is 0 Å². The Morgan fingerprint density at radius 3 is 2.89 bits per heavy atom. The predicted octanol–water partition coefficient (Wildman–Crippen LogP) is 1.59.